The Morgan fingerprint density at radius 3 is 0.889 bits per heavy atom. The molecule has 0 N–H and O–H groups in total. The van der Waals surface area contributed by atoms with E-state index < -0.39 is 0 Å². The van der Waals surface area contributed by atoms with Crippen molar-refractivity contribution in [3.05, 3.63) is 0 Å². The lowest BCUT2D eigenvalue weighted by atomic mass is 10.3. The minimum Gasteiger partial charge on any atom is -0.0683 e. The topological polar surface area (TPSA) is 0 Å². The van der Waals surface area contributed by atoms with E-state index in [4.69, 9.17) is 0 Å². The molecule has 0 spiro atoms. The molecular formula is C9H22. The van der Waals surface area contributed by atoms with Crippen LogP contribution in [-0.2, 0) is 0 Å². The maximum atomic E-state index is 2.17. The molecule has 0 aliphatic heterocycles. The minimum atomic E-state index is 0.833. The van der Waals surface area contributed by atoms with E-state index in [0.717, 1.165) is 5.92 Å². The van der Waals surface area contributed by atoms with E-state index in [2.05, 4.69) is 20.8 Å². The molecule has 0 aromatic carbocycles. The van der Waals surface area contributed by atoms with Crippen LogP contribution in [0.1, 0.15) is 53.9 Å². The lowest BCUT2D eigenvalue weighted by Crippen LogP contribution is -1.66. The highest BCUT2D eigenvalue weighted by molar-refractivity contribution is 4.50. The predicted molar refractivity (Wildman–Crippen MR) is 45.7 cm³/mol. The van der Waals surface area contributed by atoms with Crippen molar-refractivity contribution in [2.75, 3.05) is 0 Å². The summed E-state index contributed by atoms with van der Waals surface area (Å²) in [6.45, 7) is 10.5. The third-order valence-electron chi connectivity index (χ3n) is 0.354. The van der Waals surface area contributed by atoms with E-state index in [0.29, 0.717) is 0 Å². The molecule has 1 rings (SSSR count). The van der Waals surface area contributed by atoms with Crippen LogP contribution in [0.2, 0.25) is 0 Å². The SMILES string of the molecule is C1CC1.CC.CC(C)C. The maximum Gasteiger partial charge on any atom is -0.0500 e. The molecule has 0 amide bonds. The predicted octanol–water partition coefficient (Wildman–Crippen LogP) is 3.86. The molecule has 0 radical (unpaired) electrons. The summed E-state index contributed by atoms with van der Waals surface area (Å²) in [5.41, 5.74) is 0. The van der Waals surface area contributed by atoms with Crippen molar-refractivity contribution in [2.24, 2.45) is 5.92 Å². The number of rotatable bonds is 0. The molecule has 0 heteroatoms. The van der Waals surface area contributed by atoms with Crippen molar-refractivity contribution < 1.29 is 0 Å². The van der Waals surface area contributed by atoms with Gasteiger partial charge in [0, 0.05) is 0 Å². The standard InChI is InChI=1S/C4H10.C3H6.C2H6/c1-4(2)3;1-2-3-1;1-2/h4H,1-3H3;1-3H2;1-2H3. The second-order valence-corrected chi connectivity index (χ2v) is 2.79. The Labute approximate surface area is 60.7 Å². The molecule has 0 saturated heterocycles. The van der Waals surface area contributed by atoms with Crippen molar-refractivity contribution >= 4 is 0 Å². The first-order valence-corrected chi connectivity index (χ1v) is 4.23. The fourth-order valence-electron chi connectivity index (χ4n) is 0. The van der Waals surface area contributed by atoms with E-state index in [1.165, 1.54) is 19.3 Å². The first-order chi connectivity index (χ1) is 4.23. The Morgan fingerprint density at radius 1 is 0.778 bits per heavy atom. The molecule has 0 nitrogen and oxygen atoms in total. The van der Waals surface area contributed by atoms with Gasteiger partial charge in [-0.05, 0) is 5.92 Å². The van der Waals surface area contributed by atoms with Gasteiger partial charge in [-0.3, -0.25) is 0 Å². The quantitative estimate of drug-likeness (QED) is 0.467. The van der Waals surface area contributed by atoms with Crippen LogP contribution < -0.4 is 0 Å². The van der Waals surface area contributed by atoms with Gasteiger partial charge in [0.15, 0.2) is 0 Å². The van der Waals surface area contributed by atoms with Gasteiger partial charge >= 0.3 is 0 Å². The highest BCUT2D eigenvalue weighted by Crippen LogP contribution is 2.14. The van der Waals surface area contributed by atoms with Crippen LogP contribution in [0.5, 0.6) is 0 Å². The Balaban J connectivity index is 0. The van der Waals surface area contributed by atoms with E-state index in [9.17, 15) is 0 Å². The molecular weight excluding hydrogens is 108 g/mol. The second-order valence-electron chi connectivity index (χ2n) is 2.79. The van der Waals surface area contributed by atoms with Crippen molar-refractivity contribution in [1.82, 2.24) is 0 Å². The fraction of sp³-hybridized carbons (Fsp3) is 1.00. The normalized spacial score (nSPS) is 12.7. The molecule has 9 heavy (non-hydrogen) atoms. The van der Waals surface area contributed by atoms with Gasteiger partial charge in [-0.25, -0.2) is 0 Å². The molecule has 1 fully saturated rings. The van der Waals surface area contributed by atoms with Gasteiger partial charge in [-0.15, -0.1) is 0 Å². The molecule has 0 aromatic rings. The van der Waals surface area contributed by atoms with Crippen molar-refractivity contribution in [3.8, 4) is 0 Å². The zero-order chi connectivity index (χ0) is 7.70. The summed E-state index contributed by atoms with van der Waals surface area (Å²) in [6.07, 6.45) is 4.50. The highest BCUT2D eigenvalue weighted by Gasteiger charge is 1.95. The summed E-state index contributed by atoms with van der Waals surface area (Å²) >= 11 is 0. The Morgan fingerprint density at radius 2 is 0.889 bits per heavy atom. The number of hydrogen-bond donors (Lipinski definition) is 0. The average Bonchev–Trinajstić information content (AvgIpc) is 2.50. The first-order valence-electron chi connectivity index (χ1n) is 4.23. The molecule has 0 unspecified atom stereocenters. The van der Waals surface area contributed by atoms with Crippen molar-refractivity contribution in [1.29, 1.82) is 0 Å². The summed E-state index contributed by atoms with van der Waals surface area (Å²) in [7, 11) is 0. The maximum absolute atomic E-state index is 2.17. The van der Waals surface area contributed by atoms with Crippen LogP contribution in [0.4, 0.5) is 0 Å². The third-order valence-corrected chi connectivity index (χ3v) is 0.354. The van der Waals surface area contributed by atoms with Gasteiger partial charge in [0.2, 0.25) is 0 Å². The molecule has 58 valence electrons. The zero-order valence-electron chi connectivity index (χ0n) is 7.70. The van der Waals surface area contributed by atoms with Crippen LogP contribution in [0.3, 0.4) is 0 Å². The summed E-state index contributed by atoms with van der Waals surface area (Å²) < 4.78 is 0. The first kappa shape index (κ1) is 11.8. The summed E-state index contributed by atoms with van der Waals surface area (Å²) in [4.78, 5) is 0. The van der Waals surface area contributed by atoms with Crippen LogP contribution in [0.15, 0.2) is 0 Å². The zero-order valence-corrected chi connectivity index (χ0v) is 7.70. The van der Waals surface area contributed by atoms with E-state index in [-0.39, 0.29) is 0 Å². The Hall–Kier alpha value is 0. The molecule has 1 saturated carbocycles. The van der Waals surface area contributed by atoms with Crippen molar-refractivity contribution in [2.45, 2.75) is 53.9 Å². The van der Waals surface area contributed by atoms with Gasteiger partial charge in [0.05, 0.1) is 0 Å². The van der Waals surface area contributed by atoms with Gasteiger partial charge < -0.3 is 0 Å². The van der Waals surface area contributed by atoms with Gasteiger partial charge in [0.25, 0.3) is 0 Å². The lowest BCUT2D eigenvalue weighted by Gasteiger charge is -1.79. The second kappa shape index (κ2) is 10.9. The molecule has 0 aromatic heterocycles. The number of hydrogen-bond acceptors (Lipinski definition) is 0. The smallest absolute Gasteiger partial charge is 0.0500 e. The summed E-state index contributed by atoms with van der Waals surface area (Å²) in [6, 6.07) is 0. The van der Waals surface area contributed by atoms with Gasteiger partial charge in [0.1, 0.15) is 0 Å². The summed E-state index contributed by atoms with van der Waals surface area (Å²) in [5, 5.41) is 0. The third kappa shape index (κ3) is 288. The van der Waals surface area contributed by atoms with Crippen LogP contribution in [0, 0.1) is 5.92 Å². The van der Waals surface area contributed by atoms with Gasteiger partial charge in [-0.2, -0.15) is 0 Å². The van der Waals surface area contributed by atoms with Gasteiger partial charge in [-0.1, -0.05) is 53.9 Å². The molecule has 0 bridgehead atoms. The largest absolute Gasteiger partial charge is 0.0683 e. The van der Waals surface area contributed by atoms with Crippen LogP contribution >= 0.6 is 0 Å². The molecule has 1 aliphatic rings. The molecule has 0 atom stereocenters. The Bertz CT molecular complexity index is 21.5. The Kier molecular flexibility index (Phi) is 14.2. The van der Waals surface area contributed by atoms with Crippen molar-refractivity contribution in [3.63, 3.8) is 0 Å². The summed E-state index contributed by atoms with van der Waals surface area (Å²) in [5.74, 6) is 0.833. The fourth-order valence-corrected chi connectivity index (χ4v) is 0. The molecule has 0 heterocycles. The molecule has 1 aliphatic carbocycles. The van der Waals surface area contributed by atoms with E-state index in [1.807, 2.05) is 13.8 Å². The minimum absolute atomic E-state index is 0.833. The van der Waals surface area contributed by atoms with E-state index >= 15 is 0 Å². The monoisotopic (exact) mass is 130 g/mol. The van der Waals surface area contributed by atoms with E-state index in [1.54, 1.807) is 0 Å². The van der Waals surface area contributed by atoms with Crippen LogP contribution in [-0.4, -0.2) is 0 Å². The highest BCUT2D eigenvalue weighted by atomic mass is 14.0. The van der Waals surface area contributed by atoms with Crippen LogP contribution in [0.25, 0.3) is 0 Å². The average molecular weight is 130 g/mol. The lowest BCUT2D eigenvalue weighted by molar-refractivity contribution is 0.737.